The number of amides is 2. The highest BCUT2D eigenvalue weighted by molar-refractivity contribution is 5.86. The van der Waals surface area contributed by atoms with Crippen LogP contribution in [0.2, 0.25) is 0 Å². The van der Waals surface area contributed by atoms with Crippen molar-refractivity contribution in [1.29, 1.82) is 0 Å². The first-order valence-electron chi connectivity index (χ1n) is 16.0. The Bertz CT molecular complexity index is 1830. The third kappa shape index (κ3) is 7.06. The van der Waals surface area contributed by atoms with E-state index < -0.39 is 12.1 Å². The van der Waals surface area contributed by atoms with Crippen LogP contribution in [0.15, 0.2) is 65.6 Å². The largest absolute Gasteiger partial charge is 0.493 e. The third-order valence-electron chi connectivity index (χ3n) is 8.73. The summed E-state index contributed by atoms with van der Waals surface area (Å²) in [6.45, 7) is 6.62. The lowest BCUT2D eigenvalue weighted by molar-refractivity contribution is -0.122. The molecule has 0 radical (unpaired) electrons. The molecule has 3 aromatic carbocycles. The van der Waals surface area contributed by atoms with Crippen LogP contribution >= 0.6 is 0 Å². The number of para-hydroxylation sites is 1. The number of fused-ring (bicyclic) bond motifs is 4. The molecule has 0 aliphatic heterocycles. The van der Waals surface area contributed by atoms with Crippen molar-refractivity contribution in [2.24, 2.45) is 5.92 Å². The van der Waals surface area contributed by atoms with Gasteiger partial charge in [-0.1, -0.05) is 38.1 Å². The van der Waals surface area contributed by atoms with Gasteiger partial charge in [-0.2, -0.15) is 0 Å². The maximum Gasteiger partial charge on any atom is 0.242 e. The molecular weight excluding hydrogens is 596 g/mol. The quantitative estimate of drug-likeness (QED) is 0.176. The predicted octanol–water partition coefficient (Wildman–Crippen LogP) is 5.46. The van der Waals surface area contributed by atoms with Crippen molar-refractivity contribution in [2.45, 2.75) is 58.7 Å². The maximum absolute atomic E-state index is 13.8. The summed E-state index contributed by atoms with van der Waals surface area (Å²) in [7, 11) is 4.68. The lowest BCUT2D eigenvalue weighted by atomic mass is 9.95. The van der Waals surface area contributed by atoms with Gasteiger partial charge in [0.25, 0.3) is 0 Å². The zero-order valence-corrected chi connectivity index (χ0v) is 27.9. The normalized spacial score (nSPS) is 14.4. The molecule has 0 spiro atoms. The molecule has 2 amide bonds. The molecule has 1 aromatic heterocycles. The van der Waals surface area contributed by atoms with Gasteiger partial charge in [0.1, 0.15) is 6.04 Å². The highest BCUT2D eigenvalue weighted by atomic mass is 16.5. The second kappa shape index (κ2) is 14.6. The first-order chi connectivity index (χ1) is 22.7. The topological polar surface area (TPSA) is 120 Å². The van der Waals surface area contributed by atoms with Crippen molar-refractivity contribution in [3.05, 3.63) is 82.1 Å². The average Bonchev–Trinajstić information content (AvgIpc) is 3.32. The zero-order chi connectivity index (χ0) is 33.7. The first-order valence-corrected chi connectivity index (χ1v) is 16.0. The molecule has 0 unspecified atom stereocenters. The van der Waals surface area contributed by atoms with Crippen molar-refractivity contribution >= 4 is 28.4 Å². The number of benzene rings is 2. The number of carbonyl (C=O) groups is 2. The molecule has 2 atom stereocenters. The molecule has 47 heavy (non-hydrogen) atoms. The van der Waals surface area contributed by atoms with Crippen LogP contribution in [0.5, 0.6) is 17.2 Å². The Morgan fingerprint density at radius 2 is 1.74 bits per heavy atom. The summed E-state index contributed by atoms with van der Waals surface area (Å²) in [6, 6.07) is 16.3. The SMILES string of the molecule is COc1cc2c(c(OC)c1OC)-c1ccc(N[C@H](C(=O)NCCCn3ccc4ccccc43)C(C)C)c(=O)cc1[C@@H](NC(C)=O)CC2. The number of nitrogens with one attached hydrogen (secondary N) is 3. The minimum atomic E-state index is -0.644. The molecule has 0 fully saturated rings. The molecule has 3 N–H and O–H groups in total. The number of nitrogens with zero attached hydrogens (tertiary/aromatic N) is 1. The van der Waals surface area contributed by atoms with Crippen molar-refractivity contribution in [1.82, 2.24) is 15.2 Å². The van der Waals surface area contributed by atoms with E-state index in [0.717, 1.165) is 35.2 Å². The van der Waals surface area contributed by atoms with Crippen LogP contribution in [0.4, 0.5) is 5.69 Å². The molecule has 0 bridgehead atoms. The van der Waals surface area contributed by atoms with Gasteiger partial charge in [0, 0.05) is 37.3 Å². The number of aryl methyl sites for hydroxylation is 2. The number of rotatable bonds is 12. The predicted molar refractivity (Wildman–Crippen MR) is 184 cm³/mol. The second-order valence-corrected chi connectivity index (χ2v) is 12.2. The van der Waals surface area contributed by atoms with E-state index in [-0.39, 0.29) is 28.8 Å². The zero-order valence-electron chi connectivity index (χ0n) is 27.9. The van der Waals surface area contributed by atoms with Crippen LogP contribution in [0.3, 0.4) is 0 Å². The number of ether oxygens (including phenoxy) is 3. The fourth-order valence-corrected chi connectivity index (χ4v) is 6.44. The Kier molecular flexibility index (Phi) is 10.4. The van der Waals surface area contributed by atoms with Gasteiger partial charge in [-0.05, 0) is 77.6 Å². The Labute approximate surface area is 275 Å². The third-order valence-corrected chi connectivity index (χ3v) is 8.73. The molecule has 248 valence electrons. The summed E-state index contributed by atoms with van der Waals surface area (Å²) < 4.78 is 19.4. The van der Waals surface area contributed by atoms with Gasteiger partial charge in [-0.15, -0.1) is 0 Å². The van der Waals surface area contributed by atoms with Gasteiger partial charge in [-0.25, -0.2) is 0 Å². The van der Waals surface area contributed by atoms with E-state index >= 15 is 0 Å². The van der Waals surface area contributed by atoms with E-state index in [1.165, 1.54) is 12.3 Å². The number of carbonyl (C=O) groups excluding carboxylic acids is 2. The molecule has 10 heteroatoms. The summed E-state index contributed by atoms with van der Waals surface area (Å²) >= 11 is 0. The Morgan fingerprint density at radius 1 is 0.979 bits per heavy atom. The van der Waals surface area contributed by atoms with Gasteiger partial charge in [0.05, 0.1) is 33.1 Å². The summed E-state index contributed by atoms with van der Waals surface area (Å²) in [5, 5.41) is 10.5. The highest BCUT2D eigenvalue weighted by Crippen LogP contribution is 2.50. The molecule has 10 nitrogen and oxygen atoms in total. The minimum absolute atomic E-state index is 0.101. The summed E-state index contributed by atoms with van der Waals surface area (Å²) in [5.41, 5.74) is 4.25. The van der Waals surface area contributed by atoms with E-state index in [1.807, 2.05) is 38.1 Å². The maximum atomic E-state index is 13.8. The lowest BCUT2D eigenvalue weighted by Crippen LogP contribution is -2.44. The number of anilines is 1. The number of aromatic nitrogens is 1. The molecular formula is C37H44N4O6. The molecule has 5 rings (SSSR count). The van der Waals surface area contributed by atoms with Gasteiger partial charge in [0.15, 0.2) is 11.5 Å². The van der Waals surface area contributed by atoms with Crippen molar-refractivity contribution < 1.29 is 23.8 Å². The Balaban J connectivity index is 1.44. The molecule has 0 saturated heterocycles. The van der Waals surface area contributed by atoms with Crippen LogP contribution < -0.4 is 35.6 Å². The molecule has 1 aliphatic carbocycles. The summed E-state index contributed by atoms with van der Waals surface area (Å²) in [6.07, 6.45) is 3.98. The Hall–Kier alpha value is -4.99. The fraction of sp³-hybridized carbons (Fsp3) is 0.378. The average molecular weight is 641 g/mol. The number of methoxy groups -OCH3 is 3. The van der Waals surface area contributed by atoms with E-state index in [1.54, 1.807) is 33.5 Å². The Morgan fingerprint density at radius 3 is 2.45 bits per heavy atom. The molecule has 1 heterocycles. The summed E-state index contributed by atoms with van der Waals surface area (Å²) in [4.78, 5) is 39.5. The van der Waals surface area contributed by atoms with Crippen molar-refractivity contribution in [2.75, 3.05) is 33.2 Å². The minimum Gasteiger partial charge on any atom is -0.493 e. The van der Waals surface area contributed by atoms with E-state index in [9.17, 15) is 14.4 Å². The van der Waals surface area contributed by atoms with Crippen LogP contribution in [0.25, 0.3) is 22.0 Å². The number of hydrogen-bond acceptors (Lipinski definition) is 7. The van der Waals surface area contributed by atoms with Crippen LogP contribution in [0, 0.1) is 5.92 Å². The first kappa shape index (κ1) is 33.4. The lowest BCUT2D eigenvalue weighted by Gasteiger charge is -2.22. The van der Waals surface area contributed by atoms with Gasteiger partial charge < -0.3 is 34.7 Å². The van der Waals surface area contributed by atoms with E-state index in [4.69, 9.17) is 14.2 Å². The number of hydrogen-bond donors (Lipinski definition) is 3. The highest BCUT2D eigenvalue weighted by Gasteiger charge is 2.30. The summed E-state index contributed by atoms with van der Waals surface area (Å²) in [5.74, 6) is 0.967. The van der Waals surface area contributed by atoms with Crippen LogP contribution in [0.1, 0.15) is 50.8 Å². The molecule has 1 aliphatic rings. The van der Waals surface area contributed by atoms with E-state index in [0.29, 0.717) is 42.2 Å². The molecule has 0 saturated carbocycles. The fourth-order valence-electron chi connectivity index (χ4n) is 6.44. The van der Waals surface area contributed by atoms with Crippen LogP contribution in [-0.4, -0.2) is 50.3 Å². The van der Waals surface area contributed by atoms with Crippen molar-refractivity contribution in [3.8, 4) is 28.4 Å². The van der Waals surface area contributed by atoms with E-state index in [2.05, 4.69) is 44.9 Å². The monoisotopic (exact) mass is 640 g/mol. The van der Waals surface area contributed by atoms with Gasteiger partial charge >= 0.3 is 0 Å². The van der Waals surface area contributed by atoms with Gasteiger partial charge in [0.2, 0.25) is 23.0 Å². The van der Waals surface area contributed by atoms with Crippen LogP contribution in [-0.2, 0) is 22.6 Å². The second-order valence-electron chi connectivity index (χ2n) is 12.2. The van der Waals surface area contributed by atoms with Gasteiger partial charge in [-0.3, -0.25) is 14.4 Å². The molecule has 4 aromatic rings. The smallest absolute Gasteiger partial charge is 0.242 e. The van der Waals surface area contributed by atoms with Crippen molar-refractivity contribution in [3.63, 3.8) is 0 Å². The standard InChI is InChI=1S/C37H44N4O6/c1-22(2)34(37(44)38-17-9-18-41-19-16-24-10-7-8-11-30(24)41)40-29-15-13-26-27(21-31(29)43)28(39-23(3)42)14-12-25-20-32(45-4)35(46-5)36(47-6)33(25)26/h7-8,10-11,13,15-16,19-22,28,34H,9,12,14,17-18H2,1-6H3,(H,38,44)(H,39,42)(H,40,43)/t28-,34-/m0/s1.